The van der Waals surface area contributed by atoms with Gasteiger partial charge in [-0.25, -0.2) is 0 Å². The molecule has 0 bridgehead atoms. The first kappa shape index (κ1) is 13.9. The van der Waals surface area contributed by atoms with E-state index in [-0.39, 0.29) is 0 Å². The monoisotopic (exact) mass is 276 g/mol. The molecule has 4 heteroatoms. The maximum absolute atomic E-state index is 6.06. The van der Waals surface area contributed by atoms with E-state index in [0.717, 1.165) is 45.0 Å². The van der Waals surface area contributed by atoms with Crippen LogP contribution < -0.4 is 10.1 Å². The molecule has 0 aliphatic carbocycles. The molecule has 2 aliphatic heterocycles. The second kappa shape index (κ2) is 6.12. The highest BCUT2D eigenvalue weighted by Crippen LogP contribution is 2.29. The Morgan fingerprint density at radius 3 is 3.10 bits per heavy atom. The summed E-state index contributed by atoms with van der Waals surface area (Å²) in [4.78, 5) is 2.47. The van der Waals surface area contributed by atoms with Gasteiger partial charge in [0.05, 0.1) is 12.7 Å². The van der Waals surface area contributed by atoms with E-state index < -0.39 is 0 Å². The number of hydrogen-bond donors (Lipinski definition) is 1. The topological polar surface area (TPSA) is 33.7 Å². The van der Waals surface area contributed by atoms with Gasteiger partial charge in [-0.2, -0.15) is 0 Å². The molecule has 2 unspecified atom stereocenters. The average Bonchev–Trinajstić information content (AvgIpc) is 2.81. The molecule has 110 valence electrons. The van der Waals surface area contributed by atoms with Gasteiger partial charge >= 0.3 is 0 Å². The number of rotatable bonds is 4. The van der Waals surface area contributed by atoms with Crippen LogP contribution in [0, 0.1) is 6.92 Å². The molecule has 0 saturated carbocycles. The third-order valence-electron chi connectivity index (χ3n) is 4.07. The van der Waals surface area contributed by atoms with Crippen LogP contribution in [0.2, 0.25) is 0 Å². The minimum absolute atomic E-state index is 0.292. The van der Waals surface area contributed by atoms with Gasteiger partial charge in [0.1, 0.15) is 11.9 Å². The summed E-state index contributed by atoms with van der Waals surface area (Å²) in [5.41, 5.74) is 2.67. The van der Waals surface area contributed by atoms with Crippen molar-refractivity contribution >= 4 is 0 Å². The zero-order chi connectivity index (χ0) is 13.9. The van der Waals surface area contributed by atoms with E-state index >= 15 is 0 Å². The fourth-order valence-electron chi connectivity index (χ4n) is 3.14. The third-order valence-corrected chi connectivity index (χ3v) is 4.07. The second-order valence-corrected chi connectivity index (χ2v) is 5.87. The molecule has 2 aliphatic rings. The number of hydrogen-bond acceptors (Lipinski definition) is 4. The maximum atomic E-state index is 6.06. The zero-order valence-electron chi connectivity index (χ0n) is 12.4. The Morgan fingerprint density at radius 1 is 1.35 bits per heavy atom. The molecule has 1 N–H and O–H groups in total. The van der Waals surface area contributed by atoms with Crippen molar-refractivity contribution in [3.05, 3.63) is 29.3 Å². The molecule has 0 spiro atoms. The molecule has 0 radical (unpaired) electrons. The van der Waals surface area contributed by atoms with Gasteiger partial charge in [0.2, 0.25) is 0 Å². The van der Waals surface area contributed by atoms with Crippen molar-refractivity contribution in [2.45, 2.75) is 25.6 Å². The summed E-state index contributed by atoms with van der Waals surface area (Å²) >= 11 is 0. The Balaban J connectivity index is 1.55. The molecule has 0 aromatic heterocycles. The quantitative estimate of drug-likeness (QED) is 0.896. The lowest BCUT2D eigenvalue weighted by Crippen LogP contribution is -2.49. The fourth-order valence-corrected chi connectivity index (χ4v) is 3.14. The normalized spacial score (nSPS) is 26.3. The minimum atomic E-state index is 0.292. The molecule has 20 heavy (non-hydrogen) atoms. The van der Waals surface area contributed by atoms with Crippen LogP contribution in [0.1, 0.15) is 11.1 Å². The summed E-state index contributed by atoms with van der Waals surface area (Å²) in [5.74, 6) is 1.07. The Hall–Kier alpha value is -1.10. The molecule has 1 fully saturated rings. The first-order valence-electron chi connectivity index (χ1n) is 7.49. The number of ether oxygens (including phenoxy) is 2. The van der Waals surface area contributed by atoms with E-state index in [4.69, 9.17) is 9.47 Å². The van der Waals surface area contributed by atoms with E-state index in [1.165, 1.54) is 11.1 Å². The second-order valence-electron chi connectivity index (χ2n) is 5.87. The highest BCUT2D eigenvalue weighted by Gasteiger charge is 2.27. The Bertz CT molecular complexity index is 462. The predicted molar refractivity (Wildman–Crippen MR) is 79.4 cm³/mol. The molecular weight excluding hydrogens is 252 g/mol. The van der Waals surface area contributed by atoms with Crippen molar-refractivity contribution in [1.29, 1.82) is 0 Å². The van der Waals surface area contributed by atoms with E-state index in [1.807, 2.05) is 7.05 Å². The van der Waals surface area contributed by atoms with Gasteiger partial charge in [0.15, 0.2) is 0 Å². The van der Waals surface area contributed by atoms with E-state index in [2.05, 4.69) is 35.3 Å². The summed E-state index contributed by atoms with van der Waals surface area (Å²) in [5, 5.41) is 3.19. The van der Waals surface area contributed by atoms with Crippen LogP contribution in [0.3, 0.4) is 0 Å². The Morgan fingerprint density at radius 2 is 2.25 bits per heavy atom. The maximum Gasteiger partial charge on any atom is 0.123 e. The lowest BCUT2D eigenvalue weighted by atomic mass is 10.1. The lowest BCUT2D eigenvalue weighted by Gasteiger charge is -2.34. The fraction of sp³-hybridized carbons (Fsp3) is 0.625. The summed E-state index contributed by atoms with van der Waals surface area (Å²) in [6.07, 6.45) is 1.63. The van der Waals surface area contributed by atoms with E-state index in [9.17, 15) is 0 Å². The van der Waals surface area contributed by atoms with Crippen molar-refractivity contribution in [3.8, 4) is 5.75 Å². The SMILES string of the molecule is CNCC1CN(CC2Cc3cc(C)ccc3O2)CCO1. The van der Waals surface area contributed by atoms with Crippen molar-refractivity contribution in [2.75, 3.05) is 39.8 Å². The van der Waals surface area contributed by atoms with Gasteiger partial charge in [-0.3, -0.25) is 4.90 Å². The van der Waals surface area contributed by atoms with Crippen LogP contribution in [0.4, 0.5) is 0 Å². The first-order chi connectivity index (χ1) is 9.74. The van der Waals surface area contributed by atoms with Crippen LogP contribution in [-0.4, -0.2) is 56.9 Å². The number of nitrogens with zero attached hydrogens (tertiary/aromatic N) is 1. The van der Waals surface area contributed by atoms with Gasteiger partial charge in [-0.15, -0.1) is 0 Å². The molecule has 2 heterocycles. The predicted octanol–water partition coefficient (Wildman–Crippen LogP) is 1.22. The van der Waals surface area contributed by atoms with Gasteiger partial charge in [0, 0.05) is 32.6 Å². The number of fused-ring (bicyclic) bond motifs is 1. The molecule has 2 atom stereocenters. The van der Waals surface area contributed by atoms with Crippen molar-refractivity contribution in [2.24, 2.45) is 0 Å². The summed E-state index contributed by atoms with van der Waals surface area (Å²) < 4.78 is 11.8. The molecular formula is C16H24N2O2. The minimum Gasteiger partial charge on any atom is -0.488 e. The number of likely N-dealkylation sites (N-methyl/N-ethyl adjacent to an activating group) is 1. The molecule has 1 aromatic rings. The van der Waals surface area contributed by atoms with Crippen LogP contribution >= 0.6 is 0 Å². The van der Waals surface area contributed by atoms with Gasteiger partial charge < -0.3 is 14.8 Å². The summed E-state index contributed by atoms with van der Waals surface area (Å²) in [7, 11) is 1.97. The van der Waals surface area contributed by atoms with E-state index in [1.54, 1.807) is 0 Å². The lowest BCUT2D eigenvalue weighted by molar-refractivity contribution is -0.0347. The molecule has 3 rings (SSSR count). The summed E-state index contributed by atoms with van der Waals surface area (Å²) in [6.45, 7) is 6.88. The van der Waals surface area contributed by atoms with Gasteiger partial charge in [-0.05, 0) is 25.6 Å². The standard InChI is InChI=1S/C16H24N2O2/c1-12-3-4-16-13(7-12)8-14(20-16)10-18-5-6-19-15(11-18)9-17-2/h3-4,7,14-15,17H,5-6,8-11H2,1-2H3. The molecule has 1 aromatic carbocycles. The zero-order valence-corrected chi connectivity index (χ0v) is 12.4. The Labute approximate surface area is 121 Å². The van der Waals surface area contributed by atoms with Gasteiger partial charge in [0.25, 0.3) is 0 Å². The number of morpholine rings is 1. The van der Waals surface area contributed by atoms with Crippen molar-refractivity contribution in [3.63, 3.8) is 0 Å². The smallest absolute Gasteiger partial charge is 0.123 e. The van der Waals surface area contributed by atoms with E-state index in [0.29, 0.717) is 12.2 Å². The number of benzene rings is 1. The number of aryl methyl sites for hydroxylation is 1. The average molecular weight is 276 g/mol. The largest absolute Gasteiger partial charge is 0.488 e. The molecule has 0 amide bonds. The van der Waals surface area contributed by atoms with Crippen LogP contribution in [0.25, 0.3) is 0 Å². The van der Waals surface area contributed by atoms with Crippen molar-refractivity contribution in [1.82, 2.24) is 10.2 Å². The first-order valence-corrected chi connectivity index (χ1v) is 7.49. The highest BCUT2D eigenvalue weighted by atomic mass is 16.5. The molecule has 4 nitrogen and oxygen atoms in total. The third kappa shape index (κ3) is 3.14. The van der Waals surface area contributed by atoms with Crippen LogP contribution in [-0.2, 0) is 11.2 Å². The summed E-state index contributed by atoms with van der Waals surface area (Å²) in [6, 6.07) is 6.48. The van der Waals surface area contributed by atoms with Gasteiger partial charge in [-0.1, -0.05) is 17.7 Å². The molecule has 1 saturated heterocycles. The number of nitrogens with one attached hydrogen (secondary N) is 1. The van der Waals surface area contributed by atoms with Crippen LogP contribution in [0.15, 0.2) is 18.2 Å². The Kier molecular flexibility index (Phi) is 4.24. The van der Waals surface area contributed by atoms with Crippen LogP contribution in [0.5, 0.6) is 5.75 Å². The van der Waals surface area contributed by atoms with Crippen molar-refractivity contribution < 1.29 is 9.47 Å². The highest BCUT2D eigenvalue weighted by molar-refractivity contribution is 5.40.